The molecule has 1 aliphatic rings. The molecule has 1 saturated heterocycles. The van der Waals surface area contributed by atoms with Gasteiger partial charge in [-0.05, 0) is 73.4 Å². The van der Waals surface area contributed by atoms with Gasteiger partial charge >= 0.3 is 0 Å². The molecule has 1 atom stereocenters. The predicted octanol–water partition coefficient (Wildman–Crippen LogP) is 5.97. The van der Waals surface area contributed by atoms with Crippen molar-refractivity contribution in [1.82, 2.24) is 0 Å². The molecule has 4 rings (SSSR count). The summed E-state index contributed by atoms with van der Waals surface area (Å²) in [6, 6.07) is 19.0. The van der Waals surface area contributed by atoms with Crippen LogP contribution < -0.4 is 14.4 Å². The van der Waals surface area contributed by atoms with E-state index in [-0.39, 0.29) is 11.3 Å². The number of aliphatic hydroxyl groups is 1. The minimum Gasteiger partial charge on any atom is -0.507 e. The van der Waals surface area contributed by atoms with Crippen molar-refractivity contribution in [3.8, 4) is 11.5 Å². The van der Waals surface area contributed by atoms with Crippen LogP contribution >= 0.6 is 0 Å². The van der Waals surface area contributed by atoms with Gasteiger partial charge in [-0.25, -0.2) is 0 Å². The van der Waals surface area contributed by atoms with Gasteiger partial charge in [-0.2, -0.15) is 0 Å². The number of benzene rings is 3. The van der Waals surface area contributed by atoms with Crippen LogP contribution in [-0.2, 0) is 9.59 Å². The summed E-state index contributed by atoms with van der Waals surface area (Å²) in [5.74, 6) is -0.136. The number of hydrogen-bond donors (Lipinski definition) is 1. The number of Topliss-reactive ketones (excluding diaryl/α,β-unsaturated/α-hetero) is 1. The maximum atomic E-state index is 13.4. The van der Waals surface area contributed by atoms with Gasteiger partial charge < -0.3 is 14.6 Å². The molecular weight excluding hydrogens is 454 g/mol. The molecule has 1 amide bonds. The summed E-state index contributed by atoms with van der Waals surface area (Å²) in [4.78, 5) is 28.3. The monoisotopic (exact) mass is 485 g/mol. The Morgan fingerprint density at radius 1 is 0.972 bits per heavy atom. The molecule has 3 aromatic carbocycles. The molecule has 36 heavy (non-hydrogen) atoms. The third-order valence-corrected chi connectivity index (χ3v) is 6.07. The number of hydrogen-bond acceptors (Lipinski definition) is 5. The number of para-hydroxylation sites is 1. The fourth-order valence-electron chi connectivity index (χ4n) is 4.50. The average molecular weight is 486 g/mol. The highest BCUT2D eigenvalue weighted by Gasteiger charge is 2.48. The first-order valence-corrected chi connectivity index (χ1v) is 12.0. The molecule has 1 heterocycles. The Morgan fingerprint density at radius 3 is 2.22 bits per heavy atom. The highest BCUT2D eigenvalue weighted by atomic mass is 16.5. The van der Waals surface area contributed by atoms with E-state index >= 15 is 0 Å². The molecule has 186 valence electrons. The van der Waals surface area contributed by atoms with Gasteiger partial charge in [0.05, 0.1) is 25.3 Å². The fourth-order valence-corrected chi connectivity index (χ4v) is 4.50. The molecule has 0 radical (unpaired) electrons. The third kappa shape index (κ3) is 4.85. The Balaban J connectivity index is 1.88. The zero-order valence-electron chi connectivity index (χ0n) is 21.2. The molecule has 6 heteroatoms. The summed E-state index contributed by atoms with van der Waals surface area (Å²) in [6.45, 7) is 8.57. The van der Waals surface area contributed by atoms with Crippen molar-refractivity contribution in [2.75, 3.05) is 18.6 Å². The van der Waals surface area contributed by atoms with Crippen LogP contribution in [0.1, 0.15) is 42.1 Å². The normalized spacial score (nSPS) is 17.1. The van der Waals surface area contributed by atoms with Crippen LogP contribution in [0.2, 0.25) is 0 Å². The third-order valence-electron chi connectivity index (χ3n) is 6.07. The van der Waals surface area contributed by atoms with Crippen molar-refractivity contribution < 1.29 is 24.2 Å². The van der Waals surface area contributed by atoms with Gasteiger partial charge in [0, 0.05) is 16.8 Å². The molecule has 1 N–H and O–H groups in total. The number of methoxy groups -OCH3 is 1. The SMILES string of the molecule is COc1ccccc1C1/C(=C(\O)c2ccc(OCC(C)C)cc2)C(=O)C(=O)N1c1cc(C)cc(C)c1. The minimum atomic E-state index is -0.862. The van der Waals surface area contributed by atoms with Crippen LogP contribution in [0.5, 0.6) is 11.5 Å². The maximum Gasteiger partial charge on any atom is 0.300 e. The molecule has 1 unspecified atom stereocenters. The highest BCUT2D eigenvalue weighted by Crippen LogP contribution is 2.45. The lowest BCUT2D eigenvalue weighted by Crippen LogP contribution is -2.29. The molecule has 0 aliphatic carbocycles. The Kier molecular flexibility index (Phi) is 7.15. The van der Waals surface area contributed by atoms with E-state index in [0.717, 1.165) is 11.1 Å². The van der Waals surface area contributed by atoms with Crippen molar-refractivity contribution in [3.05, 3.63) is 94.6 Å². The maximum absolute atomic E-state index is 13.4. The molecule has 1 aliphatic heterocycles. The molecule has 0 spiro atoms. The summed E-state index contributed by atoms with van der Waals surface area (Å²) in [7, 11) is 1.54. The van der Waals surface area contributed by atoms with E-state index in [1.54, 1.807) is 36.4 Å². The summed E-state index contributed by atoms with van der Waals surface area (Å²) < 4.78 is 11.3. The zero-order valence-corrected chi connectivity index (χ0v) is 21.2. The lowest BCUT2D eigenvalue weighted by molar-refractivity contribution is -0.132. The minimum absolute atomic E-state index is 0.0134. The van der Waals surface area contributed by atoms with Crippen LogP contribution in [0.3, 0.4) is 0 Å². The van der Waals surface area contributed by atoms with Crippen molar-refractivity contribution >= 4 is 23.1 Å². The fraction of sp³-hybridized carbons (Fsp3) is 0.267. The number of ether oxygens (including phenoxy) is 2. The topological polar surface area (TPSA) is 76.1 Å². The number of carbonyl (C=O) groups is 2. The van der Waals surface area contributed by atoms with Gasteiger partial charge in [0.2, 0.25) is 0 Å². The van der Waals surface area contributed by atoms with Gasteiger partial charge in [-0.3, -0.25) is 14.5 Å². The number of aryl methyl sites for hydroxylation is 2. The number of amides is 1. The molecule has 3 aromatic rings. The molecule has 0 aromatic heterocycles. The van der Waals surface area contributed by atoms with Crippen LogP contribution in [-0.4, -0.2) is 30.5 Å². The molecule has 1 fully saturated rings. The number of nitrogens with zero attached hydrogens (tertiary/aromatic N) is 1. The molecular formula is C30H31NO5. The van der Waals surface area contributed by atoms with Gasteiger partial charge in [-0.1, -0.05) is 38.1 Å². The number of carbonyl (C=O) groups excluding carboxylic acids is 2. The van der Waals surface area contributed by atoms with Crippen molar-refractivity contribution in [3.63, 3.8) is 0 Å². The second-order valence-corrected chi connectivity index (χ2v) is 9.49. The second-order valence-electron chi connectivity index (χ2n) is 9.49. The van der Waals surface area contributed by atoms with E-state index in [1.807, 2.05) is 44.2 Å². The standard InChI is InChI=1S/C30H31NO5/c1-18(2)17-36-23-12-10-21(11-13-23)28(32)26-27(24-8-6-7-9-25(24)35-5)31(30(34)29(26)33)22-15-19(3)14-20(4)16-22/h6-16,18,27,32H,17H2,1-5H3/b28-26+. The van der Waals surface area contributed by atoms with Crippen LogP contribution in [0, 0.1) is 19.8 Å². The van der Waals surface area contributed by atoms with Crippen LogP contribution in [0.25, 0.3) is 5.76 Å². The van der Waals surface area contributed by atoms with Gasteiger partial charge in [0.15, 0.2) is 0 Å². The first-order valence-electron chi connectivity index (χ1n) is 12.0. The quantitative estimate of drug-likeness (QED) is 0.253. The van der Waals surface area contributed by atoms with Gasteiger partial charge in [0.25, 0.3) is 11.7 Å². The molecule has 0 saturated carbocycles. The first kappa shape index (κ1) is 25.0. The van der Waals surface area contributed by atoms with E-state index in [0.29, 0.717) is 40.8 Å². The van der Waals surface area contributed by atoms with E-state index in [4.69, 9.17) is 9.47 Å². The Morgan fingerprint density at radius 2 is 1.61 bits per heavy atom. The Hall–Kier alpha value is -4.06. The highest BCUT2D eigenvalue weighted by molar-refractivity contribution is 6.51. The average Bonchev–Trinajstić information content (AvgIpc) is 3.12. The van der Waals surface area contributed by atoms with Gasteiger partial charge in [-0.15, -0.1) is 0 Å². The predicted molar refractivity (Wildman–Crippen MR) is 140 cm³/mol. The van der Waals surface area contributed by atoms with E-state index < -0.39 is 17.7 Å². The van der Waals surface area contributed by atoms with Crippen LogP contribution in [0.15, 0.2) is 72.3 Å². The summed E-state index contributed by atoms with van der Waals surface area (Å²) >= 11 is 0. The Labute approximate surface area is 211 Å². The van der Waals surface area contributed by atoms with E-state index in [1.165, 1.54) is 12.0 Å². The number of anilines is 1. The smallest absolute Gasteiger partial charge is 0.300 e. The van der Waals surface area contributed by atoms with E-state index in [2.05, 4.69) is 13.8 Å². The lowest BCUT2D eigenvalue weighted by Gasteiger charge is -2.27. The van der Waals surface area contributed by atoms with Crippen LogP contribution in [0.4, 0.5) is 5.69 Å². The van der Waals surface area contributed by atoms with Crippen molar-refractivity contribution in [2.24, 2.45) is 5.92 Å². The molecule has 6 nitrogen and oxygen atoms in total. The summed E-state index contributed by atoms with van der Waals surface area (Å²) in [5.41, 5.74) is 3.55. The summed E-state index contributed by atoms with van der Waals surface area (Å²) in [6.07, 6.45) is 0. The zero-order chi connectivity index (χ0) is 26.0. The largest absolute Gasteiger partial charge is 0.507 e. The number of rotatable bonds is 7. The van der Waals surface area contributed by atoms with Crippen molar-refractivity contribution in [1.29, 1.82) is 0 Å². The van der Waals surface area contributed by atoms with E-state index in [9.17, 15) is 14.7 Å². The summed E-state index contributed by atoms with van der Waals surface area (Å²) in [5, 5.41) is 11.4. The lowest BCUT2D eigenvalue weighted by atomic mass is 9.94. The number of aliphatic hydroxyl groups excluding tert-OH is 1. The van der Waals surface area contributed by atoms with Crippen molar-refractivity contribution in [2.45, 2.75) is 33.7 Å². The number of ketones is 1. The molecule has 0 bridgehead atoms. The van der Waals surface area contributed by atoms with Gasteiger partial charge in [0.1, 0.15) is 17.3 Å². The Bertz CT molecular complexity index is 1300. The second kappa shape index (κ2) is 10.3. The first-order chi connectivity index (χ1) is 17.2.